The molecule has 4 aliphatic rings. The van der Waals surface area contributed by atoms with Crippen molar-refractivity contribution in [2.45, 2.75) is 43.9 Å². The molecule has 112 valence electrons. The topological polar surface area (TPSA) is 57.5 Å². The molecule has 0 aromatic heterocycles. The van der Waals surface area contributed by atoms with E-state index < -0.39 is 11.8 Å². The molecule has 0 heterocycles. The van der Waals surface area contributed by atoms with Crippen LogP contribution in [0.5, 0.6) is 5.75 Å². The Morgan fingerprint density at radius 2 is 1.62 bits per heavy atom. The number of carboxylic acid groups (broad SMARTS) is 1. The van der Waals surface area contributed by atoms with E-state index in [0.717, 1.165) is 25.3 Å². The van der Waals surface area contributed by atoms with Gasteiger partial charge in [0.15, 0.2) is 0 Å². The third-order valence-electron chi connectivity index (χ3n) is 5.92. The minimum atomic E-state index is -1.27. The number of halogens is 1. The number of aromatic carboxylic acids is 1. The minimum absolute atomic E-state index is 0.0700. The summed E-state index contributed by atoms with van der Waals surface area (Å²) in [5, 5.41) is 19.4. The maximum atomic E-state index is 14.8. The lowest BCUT2D eigenvalue weighted by molar-refractivity contribution is -0.00782. The maximum Gasteiger partial charge on any atom is 0.338 e. The molecule has 0 spiro atoms. The molecule has 0 radical (unpaired) electrons. The van der Waals surface area contributed by atoms with Crippen molar-refractivity contribution in [3.63, 3.8) is 0 Å². The van der Waals surface area contributed by atoms with Crippen LogP contribution in [0.25, 0.3) is 0 Å². The molecule has 21 heavy (non-hydrogen) atoms. The Kier molecular flexibility index (Phi) is 2.63. The standard InChI is InChI=1S/C17H19FO3/c18-15-12(16(20)21)1-2-13(19)14(15)17-6-9-3-10(7-17)5-11(4-9)8-17/h1-2,9-11,19H,3-8H2,(H,20,21). The average Bonchev–Trinajstić information content (AvgIpc) is 2.35. The van der Waals surface area contributed by atoms with E-state index in [1.54, 1.807) is 0 Å². The van der Waals surface area contributed by atoms with Crippen LogP contribution >= 0.6 is 0 Å². The van der Waals surface area contributed by atoms with Crippen molar-refractivity contribution >= 4 is 5.97 Å². The number of rotatable bonds is 2. The van der Waals surface area contributed by atoms with Crippen LogP contribution in [0.4, 0.5) is 4.39 Å². The van der Waals surface area contributed by atoms with Crippen LogP contribution in [0, 0.1) is 23.6 Å². The maximum absolute atomic E-state index is 14.8. The van der Waals surface area contributed by atoms with Crippen LogP contribution in [0.2, 0.25) is 0 Å². The fourth-order valence-electron chi connectivity index (χ4n) is 5.65. The zero-order chi connectivity index (χ0) is 14.8. The average molecular weight is 290 g/mol. The Morgan fingerprint density at radius 1 is 1.10 bits per heavy atom. The van der Waals surface area contributed by atoms with E-state index in [4.69, 9.17) is 5.11 Å². The van der Waals surface area contributed by atoms with Gasteiger partial charge in [0, 0.05) is 11.0 Å². The zero-order valence-electron chi connectivity index (χ0n) is 11.8. The molecule has 1 aromatic rings. The fourth-order valence-corrected chi connectivity index (χ4v) is 5.65. The number of phenolic OH excluding ortho intramolecular Hbond substituents is 1. The Bertz CT molecular complexity index is 587. The number of phenols is 1. The second-order valence-corrected chi connectivity index (χ2v) is 7.32. The summed E-state index contributed by atoms with van der Waals surface area (Å²) in [5.74, 6) is -0.210. The molecule has 5 rings (SSSR count). The molecule has 2 N–H and O–H groups in total. The molecule has 3 nitrogen and oxygen atoms in total. The van der Waals surface area contributed by atoms with Gasteiger partial charge in [-0.25, -0.2) is 9.18 Å². The zero-order valence-corrected chi connectivity index (χ0v) is 11.8. The Morgan fingerprint density at radius 3 is 2.10 bits per heavy atom. The van der Waals surface area contributed by atoms with Crippen LogP contribution in [-0.4, -0.2) is 16.2 Å². The van der Waals surface area contributed by atoms with E-state index in [0.29, 0.717) is 17.8 Å². The quantitative estimate of drug-likeness (QED) is 0.873. The van der Waals surface area contributed by atoms with Crippen LogP contribution in [0.1, 0.15) is 54.4 Å². The van der Waals surface area contributed by atoms with Crippen LogP contribution in [0.3, 0.4) is 0 Å². The first-order chi connectivity index (χ1) is 9.98. The molecule has 4 heteroatoms. The number of carboxylic acids is 1. The second-order valence-electron chi connectivity index (χ2n) is 7.32. The number of carbonyl (C=O) groups is 1. The largest absolute Gasteiger partial charge is 0.508 e. The number of hydrogen-bond donors (Lipinski definition) is 2. The fraction of sp³-hybridized carbons (Fsp3) is 0.588. The molecule has 4 fully saturated rings. The molecular weight excluding hydrogens is 271 g/mol. The van der Waals surface area contributed by atoms with Crippen molar-refractivity contribution in [2.75, 3.05) is 0 Å². The molecule has 0 unspecified atom stereocenters. The summed E-state index contributed by atoms with van der Waals surface area (Å²) in [7, 11) is 0. The van der Waals surface area contributed by atoms with E-state index in [1.165, 1.54) is 25.3 Å². The van der Waals surface area contributed by atoms with Gasteiger partial charge in [-0.15, -0.1) is 0 Å². The third kappa shape index (κ3) is 1.81. The molecule has 0 saturated heterocycles. The first-order valence-electron chi connectivity index (χ1n) is 7.74. The minimum Gasteiger partial charge on any atom is -0.508 e. The molecular formula is C17H19FO3. The number of hydrogen-bond acceptors (Lipinski definition) is 2. The van der Waals surface area contributed by atoms with Crippen LogP contribution < -0.4 is 0 Å². The SMILES string of the molecule is O=C(O)c1ccc(O)c(C23CC4CC(CC(C4)C2)C3)c1F. The van der Waals surface area contributed by atoms with E-state index in [1.807, 2.05) is 0 Å². The van der Waals surface area contributed by atoms with Gasteiger partial charge in [0.25, 0.3) is 0 Å². The van der Waals surface area contributed by atoms with Crippen molar-refractivity contribution in [1.29, 1.82) is 0 Å². The molecule has 1 aromatic carbocycles. The molecule has 0 atom stereocenters. The van der Waals surface area contributed by atoms with E-state index in [2.05, 4.69) is 0 Å². The summed E-state index contributed by atoms with van der Waals surface area (Å²) in [4.78, 5) is 11.2. The van der Waals surface area contributed by atoms with Crippen molar-refractivity contribution in [3.8, 4) is 5.75 Å². The number of aromatic hydroxyl groups is 1. The van der Waals surface area contributed by atoms with Gasteiger partial charge in [-0.2, -0.15) is 0 Å². The highest BCUT2D eigenvalue weighted by atomic mass is 19.1. The van der Waals surface area contributed by atoms with Crippen molar-refractivity contribution in [1.82, 2.24) is 0 Å². The molecule has 4 aliphatic carbocycles. The van der Waals surface area contributed by atoms with Gasteiger partial charge >= 0.3 is 5.97 Å². The highest BCUT2D eigenvalue weighted by Gasteiger charge is 2.53. The van der Waals surface area contributed by atoms with Gasteiger partial charge in [-0.3, -0.25) is 0 Å². The molecule has 4 bridgehead atoms. The van der Waals surface area contributed by atoms with E-state index >= 15 is 0 Å². The van der Waals surface area contributed by atoms with Crippen molar-refractivity contribution in [2.24, 2.45) is 17.8 Å². The molecule has 4 saturated carbocycles. The summed E-state index contributed by atoms with van der Waals surface area (Å²) in [6, 6.07) is 2.51. The van der Waals surface area contributed by atoms with Gasteiger partial charge in [0.05, 0.1) is 5.56 Å². The smallest absolute Gasteiger partial charge is 0.338 e. The first kappa shape index (κ1) is 13.1. The van der Waals surface area contributed by atoms with Gasteiger partial charge in [-0.05, 0) is 68.4 Å². The van der Waals surface area contributed by atoms with Gasteiger partial charge in [0.1, 0.15) is 11.6 Å². The summed E-state index contributed by atoms with van der Waals surface area (Å²) in [6.07, 6.45) is 6.35. The van der Waals surface area contributed by atoms with Gasteiger partial charge < -0.3 is 10.2 Å². The second kappa shape index (κ2) is 4.21. The summed E-state index contributed by atoms with van der Waals surface area (Å²) < 4.78 is 14.8. The molecule has 0 amide bonds. The summed E-state index contributed by atoms with van der Waals surface area (Å²) in [6.45, 7) is 0. The van der Waals surface area contributed by atoms with Gasteiger partial charge in [-0.1, -0.05) is 0 Å². The van der Waals surface area contributed by atoms with E-state index in [9.17, 15) is 14.3 Å². The number of benzene rings is 1. The lowest BCUT2D eigenvalue weighted by Crippen LogP contribution is -2.49. The monoisotopic (exact) mass is 290 g/mol. The first-order valence-corrected chi connectivity index (χ1v) is 7.74. The Hall–Kier alpha value is -1.58. The summed E-state index contributed by atoms with van der Waals surface area (Å²) in [5.41, 5.74) is -0.381. The van der Waals surface area contributed by atoms with Crippen molar-refractivity contribution < 1.29 is 19.4 Å². The normalized spacial score (nSPS) is 36.9. The highest BCUT2D eigenvalue weighted by molar-refractivity contribution is 5.88. The van der Waals surface area contributed by atoms with E-state index in [-0.39, 0.29) is 22.3 Å². The highest BCUT2D eigenvalue weighted by Crippen LogP contribution is 2.62. The predicted molar refractivity (Wildman–Crippen MR) is 74.9 cm³/mol. The lowest BCUT2D eigenvalue weighted by atomic mass is 9.48. The van der Waals surface area contributed by atoms with Crippen molar-refractivity contribution in [3.05, 3.63) is 29.1 Å². The van der Waals surface area contributed by atoms with Crippen LogP contribution in [-0.2, 0) is 5.41 Å². The summed E-state index contributed by atoms with van der Waals surface area (Å²) >= 11 is 0. The lowest BCUT2D eigenvalue weighted by Gasteiger charge is -2.57. The third-order valence-corrected chi connectivity index (χ3v) is 5.92. The van der Waals surface area contributed by atoms with Crippen LogP contribution in [0.15, 0.2) is 12.1 Å². The van der Waals surface area contributed by atoms with Gasteiger partial charge in [0.2, 0.25) is 0 Å². The Balaban J connectivity index is 1.86. The molecule has 0 aliphatic heterocycles. The Labute approximate surface area is 122 Å². The predicted octanol–water partition coefficient (Wildman–Crippen LogP) is 3.70.